The predicted molar refractivity (Wildman–Crippen MR) is 76.2 cm³/mol. The van der Waals surface area contributed by atoms with Gasteiger partial charge in [-0.1, -0.05) is 19.9 Å². The lowest BCUT2D eigenvalue weighted by Gasteiger charge is -2.36. The van der Waals surface area contributed by atoms with Gasteiger partial charge in [0.1, 0.15) is 11.9 Å². The van der Waals surface area contributed by atoms with Crippen molar-refractivity contribution >= 4 is 15.9 Å². The Morgan fingerprint density at radius 3 is 2.61 bits per heavy atom. The van der Waals surface area contributed by atoms with Crippen molar-refractivity contribution in [3.8, 4) is 5.75 Å². The number of aliphatic hydroxyl groups is 1. The predicted octanol–water partition coefficient (Wildman–Crippen LogP) is 2.41. The van der Waals surface area contributed by atoms with Gasteiger partial charge in [-0.15, -0.1) is 0 Å². The van der Waals surface area contributed by atoms with E-state index in [-0.39, 0.29) is 12.0 Å². The fourth-order valence-corrected chi connectivity index (χ4v) is 2.48. The molecule has 0 aliphatic carbocycles. The van der Waals surface area contributed by atoms with Gasteiger partial charge in [-0.05, 0) is 40.7 Å². The Hall–Kier alpha value is -0.580. The van der Waals surface area contributed by atoms with Crippen molar-refractivity contribution in [2.24, 2.45) is 0 Å². The highest BCUT2D eigenvalue weighted by molar-refractivity contribution is 9.10. The van der Waals surface area contributed by atoms with Crippen LogP contribution in [0.2, 0.25) is 0 Å². The zero-order valence-electron chi connectivity index (χ0n) is 11.1. The van der Waals surface area contributed by atoms with Gasteiger partial charge in [-0.2, -0.15) is 0 Å². The second kappa shape index (κ2) is 5.19. The van der Waals surface area contributed by atoms with Crippen LogP contribution >= 0.6 is 15.9 Å². The van der Waals surface area contributed by atoms with Crippen molar-refractivity contribution in [1.82, 2.24) is 4.90 Å². The molecule has 0 amide bonds. The number of likely N-dealkylation sites (N-methyl/N-ethyl adjacent to an activating group) is 1. The monoisotopic (exact) mass is 313 g/mol. The van der Waals surface area contributed by atoms with Crippen molar-refractivity contribution in [3.05, 3.63) is 28.2 Å². The molecule has 2 rings (SSSR count). The van der Waals surface area contributed by atoms with E-state index in [1.54, 1.807) is 0 Å². The number of aliphatic hydroxyl groups excluding tert-OH is 1. The van der Waals surface area contributed by atoms with E-state index in [0.717, 1.165) is 28.9 Å². The van der Waals surface area contributed by atoms with E-state index in [1.807, 2.05) is 32.0 Å². The molecule has 1 aliphatic heterocycles. The highest BCUT2D eigenvalue weighted by Gasteiger charge is 2.26. The molecular weight excluding hydrogens is 294 g/mol. The average Bonchev–Trinajstić information content (AvgIpc) is 2.29. The standard InChI is InChI=1S/C14H20BrNO2/c1-14(2,9-17)10-4-5-13(12(15)6-10)18-11-7-16(3)8-11/h4-6,11,17H,7-9H2,1-3H3. The first-order valence-corrected chi connectivity index (χ1v) is 6.98. The first kappa shape index (κ1) is 13.8. The van der Waals surface area contributed by atoms with Crippen molar-refractivity contribution in [1.29, 1.82) is 0 Å². The summed E-state index contributed by atoms with van der Waals surface area (Å²) in [6.45, 7) is 6.14. The number of halogens is 1. The van der Waals surface area contributed by atoms with Crippen LogP contribution in [0.15, 0.2) is 22.7 Å². The molecule has 0 aromatic heterocycles. The first-order valence-electron chi connectivity index (χ1n) is 6.18. The number of nitrogens with zero attached hydrogens (tertiary/aromatic N) is 1. The van der Waals surface area contributed by atoms with Crippen molar-refractivity contribution in [2.45, 2.75) is 25.4 Å². The van der Waals surface area contributed by atoms with Crippen LogP contribution in [-0.4, -0.2) is 42.9 Å². The average molecular weight is 314 g/mol. The van der Waals surface area contributed by atoms with E-state index in [1.165, 1.54) is 0 Å². The van der Waals surface area contributed by atoms with Gasteiger partial charge < -0.3 is 9.84 Å². The van der Waals surface area contributed by atoms with Crippen molar-refractivity contribution in [2.75, 3.05) is 26.7 Å². The largest absolute Gasteiger partial charge is 0.487 e. The fraction of sp³-hybridized carbons (Fsp3) is 0.571. The summed E-state index contributed by atoms with van der Waals surface area (Å²) >= 11 is 3.55. The summed E-state index contributed by atoms with van der Waals surface area (Å²) in [5, 5.41) is 9.38. The van der Waals surface area contributed by atoms with Crippen LogP contribution in [0.1, 0.15) is 19.4 Å². The molecular formula is C14H20BrNO2. The number of hydrogen-bond acceptors (Lipinski definition) is 3. The molecule has 1 aromatic carbocycles. The summed E-state index contributed by atoms with van der Waals surface area (Å²) in [4.78, 5) is 2.22. The van der Waals surface area contributed by atoms with Crippen LogP contribution < -0.4 is 4.74 Å². The first-order chi connectivity index (χ1) is 8.42. The number of rotatable bonds is 4. The lowest BCUT2D eigenvalue weighted by atomic mass is 9.86. The zero-order valence-corrected chi connectivity index (χ0v) is 12.7. The highest BCUT2D eigenvalue weighted by atomic mass is 79.9. The molecule has 0 unspecified atom stereocenters. The van der Waals surface area contributed by atoms with Crippen LogP contribution in [0.3, 0.4) is 0 Å². The quantitative estimate of drug-likeness (QED) is 0.926. The van der Waals surface area contributed by atoms with E-state index in [2.05, 4.69) is 27.9 Å². The molecule has 1 N–H and O–H groups in total. The molecule has 1 aliphatic rings. The van der Waals surface area contributed by atoms with Gasteiger partial charge >= 0.3 is 0 Å². The van der Waals surface area contributed by atoms with E-state index in [9.17, 15) is 5.11 Å². The summed E-state index contributed by atoms with van der Waals surface area (Å²) in [5.41, 5.74) is 0.882. The summed E-state index contributed by atoms with van der Waals surface area (Å²) < 4.78 is 6.86. The topological polar surface area (TPSA) is 32.7 Å². The van der Waals surface area contributed by atoms with E-state index < -0.39 is 0 Å². The molecule has 1 saturated heterocycles. The number of hydrogen-bond donors (Lipinski definition) is 1. The van der Waals surface area contributed by atoms with Crippen LogP contribution in [-0.2, 0) is 5.41 Å². The Balaban J connectivity index is 2.10. The maximum absolute atomic E-state index is 9.38. The summed E-state index contributed by atoms with van der Waals surface area (Å²) in [6, 6.07) is 6.04. The van der Waals surface area contributed by atoms with Crippen LogP contribution in [0.5, 0.6) is 5.75 Å². The minimum Gasteiger partial charge on any atom is -0.487 e. The van der Waals surface area contributed by atoms with E-state index in [0.29, 0.717) is 6.10 Å². The number of likely N-dealkylation sites (tertiary alicyclic amines) is 1. The van der Waals surface area contributed by atoms with Crippen LogP contribution in [0.25, 0.3) is 0 Å². The number of ether oxygens (including phenoxy) is 1. The SMILES string of the molecule is CN1CC(Oc2ccc(C(C)(C)CO)cc2Br)C1. The minimum atomic E-state index is -0.224. The van der Waals surface area contributed by atoms with Gasteiger partial charge in [0.25, 0.3) is 0 Å². The third kappa shape index (κ3) is 2.87. The molecule has 18 heavy (non-hydrogen) atoms. The lowest BCUT2D eigenvalue weighted by molar-refractivity contribution is 0.0382. The third-order valence-corrected chi connectivity index (χ3v) is 4.05. The number of benzene rings is 1. The van der Waals surface area contributed by atoms with E-state index >= 15 is 0 Å². The maximum Gasteiger partial charge on any atom is 0.134 e. The maximum atomic E-state index is 9.38. The van der Waals surface area contributed by atoms with Gasteiger partial charge in [0, 0.05) is 18.5 Å². The van der Waals surface area contributed by atoms with Crippen molar-refractivity contribution in [3.63, 3.8) is 0 Å². The normalized spacial score (nSPS) is 17.6. The van der Waals surface area contributed by atoms with Crippen molar-refractivity contribution < 1.29 is 9.84 Å². The van der Waals surface area contributed by atoms with Gasteiger partial charge in [0.05, 0.1) is 11.1 Å². The summed E-state index contributed by atoms with van der Waals surface area (Å²) in [6.07, 6.45) is 0.294. The molecule has 0 atom stereocenters. The second-order valence-corrected chi connectivity index (χ2v) is 6.50. The smallest absolute Gasteiger partial charge is 0.134 e. The van der Waals surface area contributed by atoms with Gasteiger partial charge in [-0.3, -0.25) is 4.90 Å². The molecule has 0 spiro atoms. The molecule has 1 aromatic rings. The van der Waals surface area contributed by atoms with Crippen LogP contribution in [0, 0.1) is 0 Å². The van der Waals surface area contributed by atoms with Gasteiger partial charge in [-0.25, -0.2) is 0 Å². The summed E-state index contributed by atoms with van der Waals surface area (Å²) in [7, 11) is 2.09. The van der Waals surface area contributed by atoms with Gasteiger partial charge in [0.15, 0.2) is 0 Å². The molecule has 3 nitrogen and oxygen atoms in total. The summed E-state index contributed by atoms with van der Waals surface area (Å²) in [5.74, 6) is 0.880. The molecule has 1 heterocycles. The third-order valence-electron chi connectivity index (χ3n) is 3.43. The van der Waals surface area contributed by atoms with Gasteiger partial charge in [0.2, 0.25) is 0 Å². The Labute approximate surface area is 117 Å². The fourth-order valence-electron chi connectivity index (χ4n) is 2.00. The molecule has 4 heteroatoms. The lowest BCUT2D eigenvalue weighted by Crippen LogP contribution is -2.51. The van der Waals surface area contributed by atoms with E-state index in [4.69, 9.17) is 4.74 Å². The molecule has 100 valence electrons. The zero-order chi connectivity index (χ0) is 13.3. The Kier molecular flexibility index (Phi) is 3.99. The molecule has 0 bridgehead atoms. The Morgan fingerprint density at radius 1 is 1.44 bits per heavy atom. The molecule has 0 radical (unpaired) electrons. The Morgan fingerprint density at radius 2 is 2.11 bits per heavy atom. The molecule has 1 fully saturated rings. The second-order valence-electron chi connectivity index (χ2n) is 5.65. The Bertz CT molecular complexity index is 428. The minimum absolute atomic E-state index is 0.132. The molecule has 0 saturated carbocycles. The highest BCUT2D eigenvalue weighted by Crippen LogP contribution is 2.32. The van der Waals surface area contributed by atoms with Crippen LogP contribution in [0.4, 0.5) is 0 Å².